The molecule has 0 aliphatic rings. The van der Waals surface area contributed by atoms with E-state index in [4.69, 9.17) is 33.8 Å². The highest BCUT2D eigenvalue weighted by Crippen LogP contribution is 2.30. The van der Waals surface area contributed by atoms with Gasteiger partial charge in [-0.2, -0.15) is 0 Å². The summed E-state index contributed by atoms with van der Waals surface area (Å²) in [5.41, 5.74) is 4.86. The number of benzene rings is 2. The fraction of sp³-hybridized carbons (Fsp3) is 0.200. The lowest BCUT2D eigenvalue weighted by molar-refractivity contribution is 0.399. The van der Waals surface area contributed by atoms with Crippen LogP contribution in [-0.4, -0.2) is 7.11 Å². The molecule has 1 atom stereocenters. The predicted molar refractivity (Wildman–Crippen MR) is 83.2 cm³/mol. The molecule has 5 heteroatoms. The second-order valence-electron chi connectivity index (χ2n) is 4.44. The minimum atomic E-state index is -0.0928. The zero-order valence-corrected chi connectivity index (χ0v) is 12.6. The van der Waals surface area contributed by atoms with Crippen LogP contribution in [0.1, 0.15) is 17.2 Å². The Balaban J connectivity index is 2.28. The zero-order valence-electron chi connectivity index (χ0n) is 11.1. The maximum Gasteiger partial charge on any atom is 0.123 e. The number of nitrogens with two attached hydrogens (primary N) is 1. The molecule has 0 aliphatic heterocycles. The van der Waals surface area contributed by atoms with Gasteiger partial charge in [-0.05, 0) is 42.3 Å². The van der Waals surface area contributed by atoms with Crippen LogP contribution in [0.15, 0.2) is 42.5 Å². The van der Waals surface area contributed by atoms with E-state index in [2.05, 4.69) is 5.43 Å². The normalized spacial score (nSPS) is 12.2. The number of hydrogen-bond acceptors (Lipinski definition) is 3. The van der Waals surface area contributed by atoms with E-state index < -0.39 is 0 Å². The summed E-state index contributed by atoms with van der Waals surface area (Å²) in [6.07, 6.45) is 0.713. The first-order valence-electron chi connectivity index (χ1n) is 6.18. The molecule has 0 saturated heterocycles. The van der Waals surface area contributed by atoms with Gasteiger partial charge in [0.05, 0.1) is 13.2 Å². The van der Waals surface area contributed by atoms with E-state index in [1.54, 1.807) is 13.2 Å². The molecule has 0 bridgehead atoms. The fourth-order valence-corrected chi connectivity index (χ4v) is 2.40. The Bertz CT molecular complexity index is 573. The van der Waals surface area contributed by atoms with Crippen LogP contribution in [0.4, 0.5) is 0 Å². The van der Waals surface area contributed by atoms with Gasteiger partial charge < -0.3 is 4.74 Å². The average molecular weight is 311 g/mol. The van der Waals surface area contributed by atoms with Gasteiger partial charge in [0, 0.05) is 15.6 Å². The van der Waals surface area contributed by atoms with Crippen LogP contribution in [0, 0.1) is 0 Å². The van der Waals surface area contributed by atoms with Gasteiger partial charge in [-0.15, -0.1) is 0 Å². The predicted octanol–water partition coefficient (Wildman–Crippen LogP) is 3.75. The lowest BCUT2D eigenvalue weighted by Crippen LogP contribution is -2.29. The van der Waals surface area contributed by atoms with Crippen LogP contribution < -0.4 is 16.0 Å². The number of hydrogen-bond donors (Lipinski definition) is 2. The molecule has 0 heterocycles. The average Bonchev–Trinajstić information content (AvgIpc) is 2.46. The van der Waals surface area contributed by atoms with E-state index in [9.17, 15) is 0 Å². The summed E-state index contributed by atoms with van der Waals surface area (Å²) in [5.74, 6) is 6.44. The minimum absolute atomic E-state index is 0.0928. The molecule has 3 N–H and O–H groups in total. The lowest BCUT2D eigenvalue weighted by Gasteiger charge is -2.19. The molecule has 0 amide bonds. The first-order valence-corrected chi connectivity index (χ1v) is 6.93. The van der Waals surface area contributed by atoms with Gasteiger partial charge in [0.1, 0.15) is 5.75 Å². The molecule has 0 spiro atoms. The minimum Gasteiger partial charge on any atom is -0.496 e. The lowest BCUT2D eigenvalue weighted by atomic mass is 9.98. The van der Waals surface area contributed by atoms with Crippen molar-refractivity contribution in [1.29, 1.82) is 0 Å². The number of ether oxygens (including phenoxy) is 1. The SMILES string of the molecule is COc1ccc(Cl)cc1C(Cc1ccc(Cl)cc1)NN. The molecule has 3 nitrogen and oxygen atoms in total. The summed E-state index contributed by atoms with van der Waals surface area (Å²) in [7, 11) is 1.63. The number of halogens is 2. The number of hydrazine groups is 1. The topological polar surface area (TPSA) is 47.3 Å². The third-order valence-corrected chi connectivity index (χ3v) is 3.61. The van der Waals surface area contributed by atoms with Gasteiger partial charge in [0.25, 0.3) is 0 Å². The molecular formula is C15H16Cl2N2O. The molecule has 0 aliphatic carbocycles. The van der Waals surface area contributed by atoms with Crippen molar-refractivity contribution in [2.45, 2.75) is 12.5 Å². The molecule has 0 aromatic heterocycles. The molecule has 0 fully saturated rings. The molecule has 0 radical (unpaired) electrons. The fourth-order valence-electron chi connectivity index (χ4n) is 2.09. The van der Waals surface area contributed by atoms with E-state index in [1.807, 2.05) is 36.4 Å². The van der Waals surface area contributed by atoms with Crippen LogP contribution in [-0.2, 0) is 6.42 Å². The van der Waals surface area contributed by atoms with Crippen molar-refractivity contribution in [2.75, 3.05) is 7.11 Å². The monoisotopic (exact) mass is 310 g/mol. The molecule has 2 aromatic carbocycles. The van der Waals surface area contributed by atoms with Gasteiger partial charge in [-0.3, -0.25) is 11.3 Å². The Hall–Kier alpha value is -1.26. The van der Waals surface area contributed by atoms with Gasteiger partial charge >= 0.3 is 0 Å². The molecule has 1 unspecified atom stereocenters. The van der Waals surface area contributed by atoms with Crippen LogP contribution >= 0.6 is 23.2 Å². The Morgan fingerprint density at radius 2 is 1.75 bits per heavy atom. The van der Waals surface area contributed by atoms with Crippen molar-refractivity contribution >= 4 is 23.2 Å². The summed E-state index contributed by atoms with van der Waals surface area (Å²) < 4.78 is 5.36. The van der Waals surface area contributed by atoms with Crippen molar-refractivity contribution in [3.05, 3.63) is 63.6 Å². The summed E-state index contributed by atoms with van der Waals surface area (Å²) in [6.45, 7) is 0. The smallest absolute Gasteiger partial charge is 0.123 e. The van der Waals surface area contributed by atoms with Crippen LogP contribution in [0.5, 0.6) is 5.75 Å². The highest BCUT2D eigenvalue weighted by atomic mass is 35.5. The number of nitrogens with one attached hydrogen (secondary N) is 1. The highest BCUT2D eigenvalue weighted by molar-refractivity contribution is 6.30. The first-order chi connectivity index (χ1) is 9.63. The summed E-state index contributed by atoms with van der Waals surface area (Å²) >= 11 is 11.9. The Kier molecular flexibility index (Phi) is 5.26. The second kappa shape index (κ2) is 6.95. The van der Waals surface area contributed by atoms with Crippen molar-refractivity contribution in [2.24, 2.45) is 5.84 Å². The molecule has 20 heavy (non-hydrogen) atoms. The molecule has 106 valence electrons. The molecule has 0 saturated carbocycles. The Labute approximate surface area is 128 Å². The zero-order chi connectivity index (χ0) is 14.5. The van der Waals surface area contributed by atoms with E-state index in [0.717, 1.165) is 16.9 Å². The number of rotatable bonds is 5. The largest absolute Gasteiger partial charge is 0.496 e. The second-order valence-corrected chi connectivity index (χ2v) is 5.31. The Morgan fingerprint density at radius 1 is 1.10 bits per heavy atom. The quantitative estimate of drug-likeness (QED) is 0.653. The van der Waals surface area contributed by atoms with E-state index in [1.165, 1.54) is 0 Å². The van der Waals surface area contributed by atoms with Crippen LogP contribution in [0.3, 0.4) is 0 Å². The maximum absolute atomic E-state index is 6.06. The summed E-state index contributed by atoms with van der Waals surface area (Å²) in [6, 6.07) is 13.1. The van der Waals surface area contributed by atoms with Gasteiger partial charge in [0.2, 0.25) is 0 Å². The van der Waals surface area contributed by atoms with E-state index >= 15 is 0 Å². The third-order valence-electron chi connectivity index (χ3n) is 3.12. The van der Waals surface area contributed by atoms with E-state index in [0.29, 0.717) is 16.5 Å². The van der Waals surface area contributed by atoms with Crippen LogP contribution in [0.2, 0.25) is 10.0 Å². The van der Waals surface area contributed by atoms with Gasteiger partial charge in [-0.25, -0.2) is 0 Å². The van der Waals surface area contributed by atoms with Crippen molar-refractivity contribution < 1.29 is 4.74 Å². The number of methoxy groups -OCH3 is 1. The molecule has 2 aromatic rings. The standard InChI is InChI=1S/C15H16Cl2N2O/c1-20-15-7-6-12(17)9-13(15)14(19-18)8-10-2-4-11(16)5-3-10/h2-7,9,14,19H,8,18H2,1H3. The third kappa shape index (κ3) is 3.64. The molecule has 2 rings (SSSR count). The highest BCUT2D eigenvalue weighted by Gasteiger charge is 2.16. The van der Waals surface area contributed by atoms with Gasteiger partial charge in [-0.1, -0.05) is 35.3 Å². The van der Waals surface area contributed by atoms with Crippen LogP contribution in [0.25, 0.3) is 0 Å². The van der Waals surface area contributed by atoms with Crippen molar-refractivity contribution in [3.63, 3.8) is 0 Å². The molecular weight excluding hydrogens is 295 g/mol. The summed E-state index contributed by atoms with van der Waals surface area (Å²) in [4.78, 5) is 0. The van der Waals surface area contributed by atoms with Gasteiger partial charge in [0.15, 0.2) is 0 Å². The van der Waals surface area contributed by atoms with Crippen molar-refractivity contribution in [3.8, 4) is 5.75 Å². The Morgan fingerprint density at radius 3 is 2.35 bits per heavy atom. The van der Waals surface area contributed by atoms with E-state index in [-0.39, 0.29) is 6.04 Å². The van der Waals surface area contributed by atoms with Crippen molar-refractivity contribution in [1.82, 2.24) is 5.43 Å². The summed E-state index contributed by atoms with van der Waals surface area (Å²) in [5, 5.41) is 1.36. The maximum atomic E-state index is 6.06. The first kappa shape index (κ1) is 15.1.